The molecular formula is C22H34FN5O2. The van der Waals surface area contributed by atoms with Crippen LogP contribution in [0.5, 0.6) is 0 Å². The van der Waals surface area contributed by atoms with Crippen molar-refractivity contribution < 1.29 is 19.7 Å². The topological polar surface area (TPSA) is 98.9 Å². The molecule has 0 aliphatic carbocycles. The number of nitrogens with zero attached hydrogens (tertiary/aromatic N) is 1. The standard InChI is InChI=1S/C22H26FN5O2.4H2/c1-15(9-16-5-3-2-4-6-16)10-25-13-20(29)27-14-21(30)26-12-19-22(23)17-11-24-8-7-18(17)28-19;;;;/h2-8,11,15,25,28H,9-10,12-14H2,1H3,(H,26,30)(H,27,29);4*1H/t15-;;;;/m1..../s1. The lowest BCUT2D eigenvalue weighted by Crippen LogP contribution is -2.41. The van der Waals surface area contributed by atoms with Crippen LogP contribution < -0.4 is 16.0 Å². The van der Waals surface area contributed by atoms with E-state index in [2.05, 4.69) is 45.0 Å². The van der Waals surface area contributed by atoms with Gasteiger partial charge in [0.05, 0.1) is 36.2 Å². The Hall–Kier alpha value is -3.26. The lowest BCUT2D eigenvalue weighted by Gasteiger charge is -2.13. The van der Waals surface area contributed by atoms with Crippen molar-refractivity contribution in [1.29, 1.82) is 0 Å². The van der Waals surface area contributed by atoms with E-state index in [9.17, 15) is 14.0 Å². The minimum absolute atomic E-state index is 0. The lowest BCUT2D eigenvalue weighted by atomic mass is 10.0. The molecule has 30 heavy (non-hydrogen) atoms. The van der Waals surface area contributed by atoms with Crippen LogP contribution in [-0.4, -0.2) is 41.4 Å². The molecule has 0 aliphatic heterocycles. The average molecular weight is 420 g/mol. The molecule has 7 nitrogen and oxygen atoms in total. The van der Waals surface area contributed by atoms with Crippen LogP contribution in [-0.2, 0) is 22.6 Å². The molecule has 2 heterocycles. The van der Waals surface area contributed by atoms with Gasteiger partial charge in [0.15, 0.2) is 5.82 Å². The van der Waals surface area contributed by atoms with Crippen LogP contribution in [0.15, 0.2) is 48.8 Å². The fraction of sp³-hybridized carbons (Fsp3) is 0.318. The molecule has 0 aliphatic rings. The van der Waals surface area contributed by atoms with Crippen LogP contribution in [0.3, 0.4) is 0 Å². The third kappa shape index (κ3) is 6.12. The van der Waals surface area contributed by atoms with Crippen molar-refractivity contribution in [2.24, 2.45) is 5.92 Å². The number of amides is 2. The van der Waals surface area contributed by atoms with Crippen LogP contribution in [0, 0.1) is 11.7 Å². The largest absolute Gasteiger partial charge is 0.354 e. The summed E-state index contributed by atoms with van der Waals surface area (Å²) in [5, 5.41) is 8.63. The van der Waals surface area contributed by atoms with E-state index in [1.807, 2.05) is 18.2 Å². The fourth-order valence-corrected chi connectivity index (χ4v) is 3.19. The van der Waals surface area contributed by atoms with E-state index in [0.29, 0.717) is 23.4 Å². The molecule has 2 amide bonds. The number of carbonyl (C=O) groups is 2. The normalized spacial score (nSPS) is 11.9. The molecule has 0 fully saturated rings. The molecule has 1 atom stereocenters. The summed E-state index contributed by atoms with van der Waals surface area (Å²) in [7, 11) is 0. The van der Waals surface area contributed by atoms with Crippen molar-refractivity contribution in [3.05, 3.63) is 65.9 Å². The first-order valence-corrected chi connectivity index (χ1v) is 9.91. The Bertz CT molecular complexity index is 1010. The summed E-state index contributed by atoms with van der Waals surface area (Å²) < 4.78 is 14.2. The van der Waals surface area contributed by atoms with E-state index >= 15 is 0 Å². The second-order valence-electron chi connectivity index (χ2n) is 7.32. The summed E-state index contributed by atoms with van der Waals surface area (Å²) in [6, 6.07) is 11.8. The van der Waals surface area contributed by atoms with E-state index in [4.69, 9.17) is 0 Å². The third-order valence-electron chi connectivity index (χ3n) is 4.72. The first kappa shape index (κ1) is 21.4. The molecule has 0 saturated heterocycles. The van der Waals surface area contributed by atoms with Crippen LogP contribution in [0.4, 0.5) is 4.39 Å². The van der Waals surface area contributed by atoms with Gasteiger partial charge in [-0.25, -0.2) is 4.39 Å². The maximum Gasteiger partial charge on any atom is 0.239 e. The highest BCUT2D eigenvalue weighted by molar-refractivity contribution is 5.85. The van der Waals surface area contributed by atoms with Gasteiger partial charge in [0.25, 0.3) is 0 Å². The summed E-state index contributed by atoms with van der Waals surface area (Å²) in [6.45, 7) is 2.79. The van der Waals surface area contributed by atoms with Crippen molar-refractivity contribution in [2.45, 2.75) is 19.9 Å². The summed E-state index contributed by atoms with van der Waals surface area (Å²) in [5.74, 6) is -0.710. The van der Waals surface area contributed by atoms with Gasteiger partial charge in [-0.15, -0.1) is 0 Å². The Labute approximate surface area is 180 Å². The number of H-pyrrole nitrogens is 1. The Morgan fingerprint density at radius 3 is 2.67 bits per heavy atom. The second-order valence-corrected chi connectivity index (χ2v) is 7.32. The predicted molar refractivity (Wildman–Crippen MR) is 122 cm³/mol. The zero-order valence-electron chi connectivity index (χ0n) is 16.9. The summed E-state index contributed by atoms with van der Waals surface area (Å²) in [6.07, 6.45) is 3.92. The number of hydrogen-bond acceptors (Lipinski definition) is 4. The van der Waals surface area contributed by atoms with Crippen LogP contribution in [0.25, 0.3) is 10.9 Å². The number of nitrogens with one attached hydrogen (secondary N) is 4. The van der Waals surface area contributed by atoms with Crippen molar-refractivity contribution in [1.82, 2.24) is 25.9 Å². The van der Waals surface area contributed by atoms with Gasteiger partial charge in [-0.05, 0) is 30.5 Å². The number of carbonyl (C=O) groups excluding carboxylic acids is 2. The van der Waals surface area contributed by atoms with Gasteiger partial charge >= 0.3 is 0 Å². The first-order chi connectivity index (χ1) is 14.5. The second kappa shape index (κ2) is 10.5. The summed E-state index contributed by atoms with van der Waals surface area (Å²) in [5.41, 5.74) is 2.15. The Balaban J connectivity index is 0. The van der Waals surface area contributed by atoms with Gasteiger partial charge in [-0.3, -0.25) is 14.6 Å². The minimum atomic E-state index is -0.434. The molecule has 0 saturated carbocycles. The maximum atomic E-state index is 14.2. The van der Waals surface area contributed by atoms with Gasteiger partial charge in [0.1, 0.15) is 0 Å². The SMILES string of the molecule is C[C@@H](CNCC(=O)NCC(=O)NCc1[nH]c2ccncc2c1F)Cc1ccccc1.[HH].[HH].[HH].[HH]. The average Bonchev–Trinajstić information content (AvgIpc) is 3.07. The van der Waals surface area contributed by atoms with Crippen LogP contribution >= 0.6 is 0 Å². The minimum Gasteiger partial charge on any atom is -0.354 e. The molecule has 2 aromatic heterocycles. The zero-order valence-corrected chi connectivity index (χ0v) is 16.9. The van der Waals surface area contributed by atoms with E-state index in [0.717, 1.165) is 6.42 Å². The van der Waals surface area contributed by atoms with Crippen molar-refractivity contribution in [2.75, 3.05) is 19.6 Å². The third-order valence-corrected chi connectivity index (χ3v) is 4.72. The molecule has 3 rings (SSSR count). The van der Waals surface area contributed by atoms with E-state index in [-0.39, 0.29) is 36.9 Å². The highest BCUT2D eigenvalue weighted by Gasteiger charge is 2.12. The number of rotatable bonds is 10. The molecule has 166 valence electrons. The number of halogens is 1. The van der Waals surface area contributed by atoms with Crippen LogP contribution in [0.1, 0.15) is 23.9 Å². The Kier molecular flexibility index (Phi) is 7.51. The van der Waals surface area contributed by atoms with Crippen molar-refractivity contribution in [3.8, 4) is 0 Å². The number of pyridine rings is 1. The van der Waals surface area contributed by atoms with Gasteiger partial charge in [-0.1, -0.05) is 37.3 Å². The molecule has 3 aromatic rings. The van der Waals surface area contributed by atoms with E-state index < -0.39 is 11.7 Å². The molecule has 0 spiro atoms. The molecule has 0 unspecified atom stereocenters. The fourth-order valence-electron chi connectivity index (χ4n) is 3.19. The molecule has 0 bridgehead atoms. The predicted octanol–water partition coefficient (Wildman–Crippen LogP) is 2.89. The number of fused-ring (bicyclic) bond motifs is 1. The van der Waals surface area contributed by atoms with Gasteiger partial charge in [0, 0.05) is 18.1 Å². The molecule has 8 heteroatoms. The number of hydrogen-bond donors (Lipinski definition) is 4. The maximum absolute atomic E-state index is 14.2. The summed E-state index contributed by atoms with van der Waals surface area (Å²) in [4.78, 5) is 30.6. The summed E-state index contributed by atoms with van der Waals surface area (Å²) >= 11 is 0. The zero-order chi connectivity index (χ0) is 21.3. The van der Waals surface area contributed by atoms with Gasteiger partial charge in [0.2, 0.25) is 11.8 Å². The molecule has 4 N–H and O–H groups in total. The first-order valence-electron chi connectivity index (χ1n) is 9.91. The number of aromatic nitrogens is 2. The van der Waals surface area contributed by atoms with Crippen LogP contribution in [0.2, 0.25) is 0 Å². The highest BCUT2D eigenvalue weighted by Crippen LogP contribution is 2.19. The quantitative estimate of drug-likeness (QED) is 0.406. The monoisotopic (exact) mass is 419 g/mol. The van der Waals surface area contributed by atoms with Crippen molar-refractivity contribution in [3.63, 3.8) is 0 Å². The molecule has 1 aromatic carbocycles. The lowest BCUT2D eigenvalue weighted by molar-refractivity contribution is -0.125. The van der Waals surface area contributed by atoms with E-state index in [1.54, 1.807) is 12.3 Å². The Morgan fingerprint density at radius 1 is 1.13 bits per heavy atom. The van der Waals surface area contributed by atoms with E-state index in [1.165, 1.54) is 11.8 Å². The van der Waals surface area contributed by atoms with Crippen molar-refractivity contribution >= 4 is 22.7 Å². The highest BCUT2D eigenvalue weighted by atomic mass is 19.1. The number of aromatic amines is 1. The Morgan fingerprint density at radius 2 is 1.90 bits per heavy atom. The molecular weight excluding hydrogens is 385 g/mol. The smallest absolute Gasteiger partial charge is 0.239 e. The molecule has 0 radical (unpaired) electrons. The number of benzene rings is 1. The van der Waals surface area contributed by atoms with Gasteiger partial charge in [-0.2, -0.15) is 0 Å². The van der Waals surface area contributed by atoms with Gasteiger partial charge < -0.3 is 20.9 Å².